The standard InChI is InChI=1S/C58H38N2O2/c1-2-17-43-38(13-1)14-10-20-44(43)40-16-9-15-39(35-40)37-29-32-42(33-30-37)59(52-24-12-27-55-57(52)47-19-4-7-25-53(47)61-55)49-22-5-3-18-45(49)41-31-34-50-48(36-41)46-21-11-28-56-58(46)60(50)51-23-6-8-26-54(51)62-56/h1-23,25-36,52H,24H2. The fraction of sp³-hybridized carbons (Fsp3) is 0.0345. The predicted octanol–water partition coefficient (Wildman–Crippen LogP) is 16.1. The summed E-state index contributed by atoms with van der Waals surface area (Å²) in [5, 5.41) is 6.03. The molecule has 0 amide bonds. The van der Waals surface area contributed by atoms with Crippen molar-refractivity contribution in [2.45, 2.75) is 12.5 Å². The summed E-state index contributed by atoms with van der Waals surface area (Å²) in [4.78, 5) is 2.54. The van der Waals surface area contributed by atoms with E-state index in [1.54, 1.807) is 0 Å². The number of hydrogen-bond acceptors (Lipinski definition) is 3. The van der Waals surface area contributed by atoms with Crippen molar-refractivity contribution in [2.24, 2.45) is 0 Å². The Kier molecular flexibility index (Phi) is 7.70. The molecule has 1 aliphatic heterocycles. The van der Waals surface area contributed by atoms with Crippen molar-refractivity contribution in [3.05, 3.63) is 218 Å². The van der Waals surface area contributed by atoms with Crippen molar-refractivity contribution in [1.82, 2.24) is 4.57 Å². The predicted molar refractivity (Wildman–Crippen MR) is 256 cm³/mol. The van der Waals surface area contributed by atoms with E-state index in [9.17, 15) is 0 Å². The van der Waals surface area contributed by atoms with Crippen LogP contribution in [0, 0.1) is 0 Å². The van der Waals surface area contributed by atoms with Crippen molar-refractivity contribution in [2.75, 3.05) is 4.90 Å². The normalized spacial score (nSPS) is 14.0. The van der Waals surface area contributed by atoms with Gasteiger partial charge in [0.25, 0.3) is 0 Å². The molecule has 62 heavy (non-hydrogen) atoms. The van der Waals surface area contributed by atoms with Crippen LogP contribution in [-0.4, -0.2) is 4.57 Å². The van der Waals surface area contributed by atoms with Crippen LogP contribution in [0.3, 0.4) is 0 Å². The first kappa shape index (κ1) is 34.8. The van der Waals surface area contributed by atoms with Gasteiger partial charge in [0.1, 0.15) is 11.3 Å². The Bertz CT molecular complexity index is 3600. The highest BCUT2D eigenvalue weighted by atomic mass is 16.5. The summed E-state index contributed by atoms with van der Waals surface area (Å²) < 4.78 is 15.3. The molecule has 0 saturated heterocycles. The van der Waals surface area contributed by atoms with E-state index in [1.807, 2.05) is 12.1 Å². The van der Waals surface area contributed by atoms with E-state index in [2.05, 4.69) is 210 Å². The van der Waals surface area contributed by atoms with Gasteiger partial charge in [-0.25, -0.2) is 0 Å². The second-order valence-corrected chi connectivity index (χ2v) is 16.4. The zero-order valence-corrected chi connectivity index (χ0v) is 33.7. The molecule has 292 valence electrons. The number of fused-ring (bicyclic) bond motifs is 9. The molecule has 2 aromatic heterocycles. The number of benzene rings is 9. The Labute approximate surface area is 358 Å². The van der Waals surface area contributed by atoms with Crippen LogP contribution in [0.2, 0.25) is 0 Å². The van der Waals surface area contributed by atoms with Gasteiger partial charge >= 0.3 is 0 Å². The van der Waals surface area contributed by atoms with Gasteiger partial charge in [0.2, 0.25) is 0 Å². The summed E-state index contributed by atoms with van der Waals surface area (Å²) in [5.41, 5.74) is 14.8. The Hall–Kier alpha value is -8.08. The van der Waals surface area contributed by atoms with Crippen molar-refractivity contribution >= 4 is 61.0 Å². The van der Waals surface area contributed by atoms with Gasteiger partial charge in [-0.3, -0.25) is 0 Å². The van der Waals surface area contributed by atoms with Gasteiger partial charge in [0.15, 0.2) is 11.5 Å². The van der Waals surface area contributed by atoms with Gasteiger partial charge in [0.05, 0.1) is 22.8 Å². The second kappa shape index (κ2) is 13.7. The number of furan rings is 1. The number of anilines is 2. The van der Waals surface area contributed by atoms with E-state index < -0.39 is 0 Å². The third kappa shape index (κ3) is 5.33. The third-order valence-electron chi connectivity index (χ3n) is 12.9. The van der Waals surface area contributed by atoms with Crippen molar-refractivity contribution in [3.63, 3.8) is 0 Å². The van der Waals surface area contributed by atoms with Gasteiger partial charge in [0, 0.05) is 38.7 Å². The minimum atomic E-state index is -0.0173. The molecule has 0 spiro atoms. The van der Waals surface area contributed by atoms with Gasteiger partial charge < -0.3 is 18.6 Å². The van der Waals surface area contributed by atoms with Crippen molar-refractivity contribution in [1.29, 1.82) is 0 Å². The minimum absolute atomic E-state index is 0.0173. The molecule has 4 nitrogen and oxygen atoms in total. The van der Waals surface area contributed by atoms with Crippen LogP contribution >= 0.6 is 0 Å². The number of nitrogens with zero attached hydrogens (tertiary/aromatic N) is 2. The molecule has 0 fully saturated rings. The van der Waals surface area contributed by atoms with Crippen molar-refractivity contribution < 1.29 is 9.15 Å². The zero-order chi connectivity index (χ0) is 40.7. The van der Waals surface area contributed by atoms with E-state index in [-0.39, 0.29) is 6.04 Å². The average Bonchev–Trinajstić information content (AvgIpc) is 3.89. The first-order valence-corrected chi connectivity index (χ1v) is 21.3. The molecular weight excluding hydrogens is 757 g/mol. The number of aromatic nitrogens is 1. The lowest BCUT2D eigenvalue weighted by Gasteiger charge is -2.36. The summed E-state index contributed by atoms with van der Waals surface area (Å²) in [5.74, 6) is 2.67. The molecule has 11 aromatic rings. The fourth-order valence-electron chi connectivity index (χ4n) is 10.2. The van der Waals surface area contributed by atoms with Gasteiger partial charge in [-0.2, -0.15) is 0 Å². The van der Waals surface area contributed by atoms with E-state index in [0.29, 0.717) is 0 Å². The molecule has 1 aliphatic carbocycles. The third-order valence-corrected chi connectivity index (χ3v) is 12.9. The Balaban J connectivity index is 0.965. The van der Waals surface area contributed by atoms with E-state index >= 15 is 0 Å². The Morgan fingerprint density at radius 1 is 0.500 bits per heavy atom. The van der Waals surface area contributed by atoms with Crippen molar-refractivity contribution in [3.8, 4) is 50.6 Å². The minimum Gasteiger partial charge on any atom is -0.456 e. The van der Waals surface area contributed by atoms with Crippen LogP contribution in [0.4, 0.5) is 11.4 Å². The smallest absolute Gasteiger partial charge is 0.152 e. The summed E-state index contributed by atoms with van der Waals surface area (Å²) in [6, 6.07) is 72.2. The molecular formula is C58H38N2O2. The second-order valence-electron chi connectivity index (χ2n) is 16.4. The lowest BCUT2D eigenvalue weighted by molar-refractivity contribution is 0.476. The number of rotatable bonds is 6. The first-order valence-electron chi connectivity index (χ1n) is 21.3. The molecule has 4 heteroatoms. The molecule has 0 radical (unpaired) electrons. The highest BCUT2D eigenvalue weighted by Gasteiger charge is 2.32. The number of ether oxygens (including phenoxy) is 1. The zero-order valence-electron chi connectivity index (χ0n) is 33.7. The fourth-order valence-corrected chi connectivity index (χ4v) is 10.2. The van der Waals surface area contributed by atoms with Gasteiger partial charge in [-0.05, 0) is 112 Å². The van der Waals surface area contributed by atoms with Crippen LogP contribution < -0.4 is 9.64 Å². The molecule has 2 aliphatic rings. The maximum absolute atomic E-state index is 6.52. The number of para-hydroxylation sites is 5. The topological polar surface area (TPSA) is 30.5 Å². The molecule has 0 bridgehead atoms. The van der Waals surface area contributed by atoms with Gasteiger partial charge in [-0.15, -0.1) is 0 Å². The lowest BCUT2D eigenvalue weighted by Crippen LogP contribution is -2.25. The van der Waals surface area contributed by atoms with Crippen LogP contribution in [0.25, 0.3) is 88.7 Å². The maximum atomic E-state index is 6.52. The molecule has 0 saturated carbocycles. The molecule has 1 atom stereocenters. The van der Waals surface area contributed by atoms with Gasteiger partial charge in [-0.1, -0.05) is 146 Å². The summed E-state index contributed by atoms with van der Waals surface area (Å²) in [6.07, 6.45) is 5.24. The Morgan fingerprint density at radius 3 is 2.15 bits per heavy atom. The highest BCUT2D eigenvalue weighted by Crippen LogP contribution is 2.50. The molecule has 3 heterocycles. The lowest BCUT2D eigenvalue weighted by atomic mass is 9.91. The van der Waals surface area contributed by atoms with Crippen LogP contribution in [0.5, 0.6) is 11.5 Å². The Morgan fingerprint density at radius 2 is 1.19 bits per heavy atom. The molecule has 1 unspecified atom stereocenters. The maximum Gasteiger partial charge on any atom is 0.152 e. The monoisotopic (exact) mass is 794 g/mol. The summed E-state index contributed by atoms with van der Waals surface area (Å²) >= 11 is 0. The molecule has 9 aromatic carbocycles. The first-order chi connectivity index (χ1) is 30.7. The highest BCUT2D eigenvalue weighted by molar-refractivity contribution is 6.13. The SMILES string of the molecule is C1=Cc2oc3ccccc3c2C(N(c2ccc(-c3cccc(-c4cccc5ccccc45)c3)cc2)c2ccccc2-c2ccc3c(c2)c2cccc4c2n3-c2ccccc2O4)C1. The van der Waals surface area contributed by atoms with Crippen LogP contribution in [0.1, 0.15) is 23.8 Å². The largest absolute Gasteiger partial charge is 0.456 e. The molecule has 13 rings (SSSR count). The number of hydrogen-bond donors (Lipinski definition) is 0. The summed E-state index contributed by atoms with van der Waals surface area (Å²) in [6.45, 7) is 0. The quantitative estimate of drug-likeness (QED) is 0.168. The van der Waals surface area contributed by atoms with Crippen LogP contribution in [-0.2, 0) is 0 Å². The van der Waals surface area contributed by atoms with Crippen LogP contribution in [0.15, 0.2) is 211 Å². The van der Waals surface area contributed by atoms with E-state index in [1.165, 1.54) is 49.4 Å². The molecule has 0 N–H and O–H groups in total. The summed E-state index contributed by atoms with van der Waals surface area (Å²) in [7, 11) is 0. The van der Waals surface area contributed by atoms with E-state index in [0.717, 1.165) is 73.9 Å². The average molecular weight is 795 g/mol. The van der Waals surface area contributed by atoms with E-state index in [4.69, 9.17) is 9.15 Å².